The van der Waals surface area contributed by atoms with Gasteiger partial charge in [-0.25, -0.2) is 14.4 Å². The Morgan fingerprint density at radius 2 is 0.889 bits per heavy atom. The summed E-state index contributed by atoms with van der Waals surface area (Å²) in [6, 6.07) is 18.4. The quantitative estimate of drug-likeness (QED) is 0.0373. The van der Waals surface area contributed by atoms with Crippen molar-refractivity contribution in [3.8, 4) is 33.4 Å². The zero-order valence-corrected chi connectivity index (χ0v) is 29.0. The molecule has 12 heteroatoms. The van der Waals surface area contributed by atoms with Gasteiger partial charge in [-0.1, -0.05) is 86.5 Å². The van der Waals surface area contributed by atoms with Crippen LogP contribution in [0.15, 0.2) is 117 Å². The molecule has 6 nitrogen and oxygen atoms in total. The lowest BCUT2D eigenvalue weighted by Crippen LogP contribution is -2.14. The van der Waals surface area contributed by atoms with Crippen molar-refractivity contribution in [2.24, 2.45) is 0 Å². The first-order chi connectivity index (χ1) is 25.6. The van der Waals surface area contributed by atoms with Crippen LogP contribution in [0.5, 0.6) is 0 Å². The second kappa shape index (κ2) is 18.2. The molecule has 4 aromatic carbocycles. The number of rotatable bonds is 16. The molecule has 0 aliphatic rings. The molecule has 4 rings (SSSR count). The number of alkyl halides is 6. The Kier molecular flexibility index (Phi) is 13.8. The first kappa shape index (κ1) is 40.9. The smallest absolute Gasteiger partial charge is 0.417 e. The van der Waals surface area contributed by atoms with Crippen LogP contribution in [0.1, 0.15) is 34.2 Å². The van der Waals surface area contributed by atoms with Crippen molar-refractivity contribution < 1.29 is 54.9 Å². The molecule has 0 aliphatic carbocycles. The first-order valence-corrected chi connectivity index (χ1v) is 16.7. The molecule has 282 valence electrons. The van der Waals surface area contributed by atoms with E-state index in [0.29, 0.717) is 36.8 Å². The fraction of sp³-hybridized carbons (Fsp3) is 0.214. The molecule has 0 saturated heterocycles. The van der Waals surface area contributed by atoms with Gasteiger partial charge in [-0.2, -0.15) is 26.3 Å². The van der Waals surface area contributed by atoms with Gasteiger partial charge in [0.15, 0.2) is 0 Å². The van der Waals surface area contributed by atoms with Gasteiger partial charge in [-0.15, -0.1) is 0 Å². The number of esters is 3. The van der Waals surface area contributed by atoms with Crippen LogP contribution < -0.4 is 0 Å². The average molecular weight is 751 g/mol. The van der Waals surface area contributed by atoms with Gasteiger partial charge in [0.25, 0.3) is 0 Å². The third kappa shape index (κ3) is 11.3. The molecule has 0 heterocycles. The highest BCUT2D eigenvalue weighted by Crippen LogP contribution is 2.46. The molecule has 0 bridgehead atoms. The summed E-state index contributed by atoms with van der Waals surface area (Å²) in [6.07, 6.45) is -5.59. The minimum Gasteiger partial charge on any atom is -0.463 e. The van der Waals surface area contributed by atoms with Crippen molar-refractivity contribution in [2.75, 3.05) is 19.8 Å². The van der Waals surface area contributed by atoms with E-state index in [1.165, 1.54) is 24.3 Å². The van der Waals surface area contributed by atoms with Crippen molar-refractivity contribution >= 4 is 17.9 Å². The average Bonchev–Trinajstić information content (AvgIpc) is 3.15. The normalized spacial score (nSPS) is 11.4. The van der Waals surface area contributed by atoms with Crippen LogP contribution in [0.4, 0.5) is 26.3 Å². The minimum absolute atomic E-state index is 0.0378. The van der Waals surface area contributed by atoms with Gasteiger partial charge in [0.1, 0.15) is 0 Å². The Morgan fingerprint density at radius 3 is 1.31 bits per heavy atom. The fourth-order valence-corrected chi connectivity index (χ4v) is 5.62. The van der Waals surface area contributed by atoms with Gasteiger partial charge in [0.2, 0.25) is 0 Å². The van der Waals surface area contributed by atoms with Gasteiger partial charge in [0, 0.05) is 31.1 Å². The molecule has 0 aliphatic heterocycles. The van der Waals surface area contributed by atoms with Gasteiger partial charge in [-0.3, -0.25) is 0 Å². The molecular formula is C42H36F6O6. The van der Waals surface area contributed by atoms with E-state index in [1.807, 2.05) is 18.2 Å². The number of carbonyl (C=O) groups excluding carboxylic acids is 3. The fourth-order valence-electron chi connectivity index (χ4n) is 5.62. The maximum Gasteiger partial charge on any atom is 0.417 e. The summed E-state index contributed by atoms with van der Waals surface area (Å²) in [5.74, 6) is -1.77. The second-order valence-electron chi connectivity index (χ2n) is 12.0. The summed E-state index contributed by atoms with van der Waals surface area (Å²) < 4.78 is 101. The molecule has 0 aromatic heterocycles. The lowest BCUT2D eigenvalue weighted by atomic mass is 9.89. The molecule has 4 aromatic rings. The zero-order chi connectivity index (χ0) is 39.5. The Morgan fingerprint density at radius 1 is 0.481 bits per heavy atom. The van der Waals surface area contributed by atoms with Crippen LogP contribution in [0, 0.1) is 0 Å². The molecular weight excluding hydrogens is 714 g/mol. The molecule has 0 fully saturated rings. The summed E-state index contributed by atoms with van der Waals surface area (Å²) in [7, 11) is 0. The Bertz CT molecular complexity index is 1950. The molecule has 0 radical (unpaired) electrons. The predicted octanol–water partition coefficient (Wildman–Crippen LogP) is 9.93. The van der Waals surface area contributed by atoms with E-state index in [2.05, 4.69) is 19.7 Å². The third-order valence-corrected chi connectivity index (χ3v) is 8.24. The SMILES string of the molecule is C=CC(=O)OCCCc1ccc(-c2cc(-c3ccc(-c4cc(CCOC(=O)C=C)cc(CCOC(=O)C=C)c4)cc3)c(C(F)(F)F)cc2C(F)(F)F)cc1. The molecule has 0 N–H and O–H groups in total. The lowest BCUT2D eigenvalue weighted by Gasteiger charge is -2.20. The van der Waals surface area contributed by atoms with Crippen LogP contribution in [-0.2, 0) is 60.2 Å². The van der Waals surface area contributed by atoms with Crippen molar-refractivity contribution in [1.29, 1.82) is 0 Å². The van der Waals surface area contributed by atoms with Crippen LogP contribution in [0.3, 0.4) is 0 Å². The monoisotopic (exact) mass is 750 g/mol. The summed E-state index contributed by atoms with van der Waals surface area (Å²) in [6.45, 7) is 10.2. The van der Waals surface area contributed by atoms with Gasteiger partial charge >= 0.3 is 30.3 Å². The maximum atomic E-state index is 14.4. The minimum atomic E-state index is -5.11. The van der Waals surface area contributed by atoms with Gasteiger partial charge in [0.05, 0.1) is 30.9 Å². The van der Waals surface area contributed by atoms with Crippen molar-refractivity contribution in [3.63, 3.8) is 0 Å². The number of carbonyl (C=O) groups is 3. The lowest BCUT2D eigenvalue weighted by molar-refractivity contribution is -0.143. The van der Waals surface area contributed by atoms with Crippen molar-refractivity contribution in [2.45, 2.75) is 38.0 Å². The second-order valence-corrected chi connectivity index (χ2v) is 12.0. The number of ether oxygens (including phenoxy) is 3. The van der Waals surface area contributed by atoms with E-state index in [4.69, 9.17) is 14.2 Å². The Hall–Kier alpha value is -5.91. The maximum absolute atomic E-state index is 14.4. The highest BCUT2D eigenvalue weighted by molar-refractivity contribution is 5.82. The molecule has 54 heavy (non-hydrogen) atoms. The van der Waals surface area contributed by atoms with E-state index < -0.39 is 52.5 Å². The van der Waals surface area contributed by atoms with E-state index >= 15 is 0 Å². The van der Waals surface area contributed by atoms with Crippen molar-refractivity contribution in [3.05, 3.63) is 145 Å². The van der Waals surface area contributed by atoms with Crippen molar-refractivity contribution in [1.82, 2.24) is 0 Å². The van der Waals surface area contributed by atoms with Crippen LogP contribution in [-0.4, -0.2) is 37.7 Å². The van der Waals surface area contributed by atoms with Gasteiger partial charge < -0.3 is 14.2 Å². The van der Waals surface area contributed by atoms with E-state index in [0.717, 1.165) is 41.0 Å². The van der Waals surface area contributed by atoms with Crippen LogP contribution >= 0.6 is 0 Å². The molecule has 0 saturated carbocycles. The number of benzene rings is 4. The Balaban J connectivity index is 1.71. The summed E-state index contributed by atoms with van der Waals surface area (Å²) >= 11 is 0. The first-order valence-electron chi connectivity index (χ1n) is 16.7. The van der Waals surface area contributed by atoms with E-state index in [-0.39, 0.29) is 37.0 Å². The zero-order valence-electron chi connectivity index (χ0n) is 29.0. The largest absolute Gasteiger partial charge is 0.463 e. The summed E-state index contributed by atoms with van der Waals surface area (Å²) in [4.78, 5) is 34.3. The van der Waals surface area contributed by atoms with Crippen LogP contribution in [0.25, 0.3) is 33.4 Å². The van der Waals surface area contributed by atoms with E-state index in [9.17, 15) is 40.7 Å². The summed E-state index contributed by atoms with van der Waals surface area (Å²) in [5.41, 5.74) is -0.141. The molecule has 0 unspecified atom stereocenters. The predicted molar refractivity (Wildman–Crippen MR) is 192 cm³/mol. The molecule has 0 atom stereocenters. The highest BCUT2D eigenvalue weighted by atomic mass is 19.4. The summed E-state index contributed by atoms with van der Waals surface area (Å²) in [5, 5.41) is 0. The number of hydrogen-bond acceptors (Lipinski definition) is 6. The third-order valence-electron chi connectivity index (χ3n) is 8.24. The van der Waals surface area contributed by atoms with Gasteiger partial charge in [-0.05, 0) is 75.0 Å². The number of aryl methyl sites for hydroxylation is 1. The number of hydrogen-bond donors (Lipinski definition) is 0. The molecule has 0 spiro atoms. The highest BCUT2D eigenvalue weighted by Gasteiger charge is 2.40. The standard InChI is InChI=1S/C42H36F6O6/c1-4-38(49)52-19-7-8-27-9-11-31(12-10-27)34-25-35(37(42(46,47)48)26-36(34)41(43,44)45)32-15-13-30(14-16-32)33-23-28(17-20-53-39(50)5-2)22-29(24-33)18-21-54-40(51)6-3/h4-6,9-16,22-26H,1-3,7-8,17-21H2. The van der Waals surface area contributed by atoms with Crippen LogP contribution in [0.2, 0.25) is 0 Å². The molecule has 0 amide bonds. The van der Waals surface area contributed by atoms with E-state index in [1.54, 1.807) is 24.3 Å². The number of halogens is 6. The topological polar surface area (TPSA) is 78.9 Å². The Labute approximate surface area is 308 Å².